The number of hydrogen-bond donors (Lipinski definition) is 0. The summed E-state index contributed by atoms with van der Waals surface area (Å²) in [5.41, 5.74) is 7.39. The Morgan fingerprint density at radius 1 is 0.974 bits per heavy atom. The molecule has 6 nitrogen and oxygen atoms in total. The summed E-state index contributed by atoms with van der Waals surface area (Å²) in [5.74, 6) is 2.09. The van der Waals surface area contributed by atoms with E-state index in [1.165, 1.54) is 28.0 Å². The molecule has 1 amide bonds. The summed E-state index contributed by atoms with van der Waals surface area (Å²) in [7, 11) is 3.83. The van der Waals surface area contributed by atoms with E-state index in [4.69, 9.17) is 4.74 Å². The van der Waals surface area contributed by atoms with Crippen LogP contribution in [0.25, 0.3) is 11.3 Å². The number of quaternary nitrogens is 1. The van der Waals surface area contributed by atoms with Crippen molar-refractivity contribution in [3.63, 3.8) is 0 Å². The van der Waals surface area contributed by atoms with E-state index >= 15 is 0 Å². The second-order valence-corrected chi connectivity index (χ2v) is 10.9. The van der Waals surface area contributed by atoms with Gasteiger partial charge in [0, 0.05) is 55.5 Å². The lowest BCUT2D eigenvalue weighted by molar-refractivity contribution is -0.777. The fourth-order valence-electron chi connectivity index (χ4n) is 5.65. The summed E-state index contributed by atoms with van der Waals surface area (Å²) in [6.07, 6.45) is 6.43. The highest BCUT2D eigenvalue weighted by Crippen LogP contribution is 2.39. The summed E-state index contributed by atoms with van der Waals surface area (Å²) in [6, 6.07) is 21.0. The van der Waals surface area contributed by atoms with Crippen molar-refractivity contribution in [3.05, 3.63) is 101 Å². The van der Waals surface area contributed by atoms with Crippen molar-refractivity contribution < 1.29 is 14.0 Å². The molecule has 2 aliphatic heterocycles. The monoisotopic (exact) mass is 523 g/mol. The van der Waals surface area contributed by atoms with E-state index in [9.17, 15) is 4.79 Å². The molecule has 0 radical (unpaired) electrons. The Kier molecular flexibility index (Phi) is 7.58. The van der Waals surface area contributed by atoms with Gasteiger partial charge in [0.15, 0.2) is 6.54 Å². The molecule has 1 aromatic heterocycles. The van der Waals surface area contributed by atoms with Crippen LogP contribution in [0.5, 0.6) is 5.75 Å². The minimum atomic E-state index is 0.169. The third-order valence-electron chi connectivity index (χ3n) is 8.16. The molecule has 3 heterocycles. The van der Waals surface area contributed by atoms with Gasteiger partial charge in [-0.05, 0) is 54.8 Å². The van der Waals surface area contributed by atoms with Gasteiger partial charge in [-0.2, -0.15) is 0 Å². The molecule has 3 aromatic rings. The molecule has 0 N–H and O–H groups in total. The lowest BCUT2D eigenvalue weighted by Crippen LogP contribution is -2.54. The summed E-state index contributed by atoms with van der Waals surface area (Å²) in [6.45, 7) is 9.78. The van der Waals surface area contributed by atoms with E-state index in [1.54, 1.807) is 13.3 Å². The zero-order chi connectivity index (χ0) is 27.6. The fourth-order valence-corrected chi connectivity index (χ4v) is 5.65. The zero-order valence-corrected chi connectivity index (χ0v) is 23.7. The number of nitrogens with zero attached hydrogens (tertiary/aromatic N) is 4. The number of aryl methyl sites for hydroxylation is 2. The predicted molar refractivity (Wildman–Crippen MR) is 158 cm³/mol. The molecule has 2 unspecified atom stereocenters. The van der Waals surface area contributed by atoms with E-state index in [0.717, 1.165) is 30.2 Å². The van der Waals surface area contributed by atoms with Crippen LogP contribution in [0.3, 0.4) is 0 Å². The van der Waals surface area contributed by atoms with E-state index in [2.05, 4.69) is 92.4 Å². The number of amides is 1. The number of allylic oxidation sites excluding steroid dienone is 2. The van der Waals surface area contributed by atoms with Gasteiger partial charge in [-0.15, -0.1) is 0 Å². The number of likely N-dealkylation sites (N-methyl/N-ethyl adjacent to an activating group) is 1. The van der Waals surface area contributed by atoms with E-state index in [-0.39, 0.29) is 11.8 Å². The predicted octanol–water partition coefficient (Wildman–Crippen LogP) is 5.53. The minimum Gasteiger partial charge on any atom is -0.497 e. The van der Waals surface area contributed by atoms with E-state index in [0.29, 0.717) is 24.1 Å². The normalized spacial score (nSPS) is 21.3. The number of hydrogen-bond acceptors (Lipinski definition) is 4. The zero-order valence-electron chi connectivity index (χ0n) is 23.7. The summed E-state index contributed by atoms with van der Waals surface area (Å²) >= 11 is 0. The van der Waals surface area contributed by atoms with Crippen LogP contribution in [-0.4, -0.2) is 67.2 Å². The molecular weight excluding hydrogens is 484 g/mol. The highest BCUT2D eigenvalue weighted by molar-refractivity contribution is 5.81. The second kappa shape index (κ2) is 11.1. The molecule has 2 aromatic carbocycles. The average Bonchev–Trinajstić information content (AvgIpc) is 2.96. The fraction of sp³-hybridized carbons (Fsp3) is 0.333. The third kappa shape index (κ3) is 5.62. The number of benzene rings is 2. The van der Waals surface area contributed by atoms with Crippen LogP contribution in [0, 0.1) is 19.8 Å². The first kappa shape index (κ1) is 26.7. The summed E-state index contributed by atoms with van der Waals surface area (Å²) in [5, 5.41) is 0. The first-order valence-corrected chi connectivity index (χ1v) is 13.7. The average molecular weight is 524 g/mol. The molecule has 202 valence electrons. The Labute approximate surface area is 232 Å². The molecule has 0 aliphatic carbocycles. The van der Waals surface area contributed by atoms with Crippen molar-refractivity contribution in [2.45, 2.75) is 20.8 Å². The SMILES string of the molecule is COc1ccnc(N2CCN(C(=O)C[N+]3(C)C=C(c4ccc(C)c(C)c4)C(C)C=C3c3ccccc3)CC2)c1. The number of rotatable bonds is 6. The van der Waals surface area contributed by atoms with Gasteiger partial charge in [-0.1, -0.05) is 43.3 Å². The van der Waals surface area contributed by atoms with Gasteiger partial charge in [0.1, 0.15) is 23.5 Å². The van der Waals surface area contributed by atoms with Crippen molar-refractivity contribution >= 4 is 23.0 Å². The Bertz CT molecular complexity index is 1410. The number of anilines is 1. The van der Waals surface area contributed by atoms with Crippen molar-refractivity contribution in [1.29, 1.82) is 0 Å². The number of piperazine rings is 1. The van der Waals surface area contributed by atoms with Crippen LogP contribution in [0.2, 0.25) is 0 Å². The molecule has 2 aliphatic rings. The number of aromatic nitrogens is 1. The maximum absolute atomic E-state index is 13.8. The van der Waals surface area contributed by atoms with Crippen LogP contribution in [0.1, 0.15) is 29.2 Å². The Hall–Kier alpha value is -3.90. The number of carbonyl (C=O) groups excluding carboxylic acids is 1. The molecule has 39 heavy (non-hydrogen) atoms. The topological polar surface area (TPSA) is 45.7 Å². The lowest BCUT2D eigenvalue weighted by atomic mass is 9.87. The molecule has 0 bridgehead atoms. The smallest absolute Gasteiger partial charge is 0.278 e. The maximum Gasteiger partial charge on any atom is 0.278 e. The van der Waals surface area contributed by atoms with E-state index < -0.39 is 0 Å². The Balaban J connectivity index is 1.39. The van der Waals surface area contributed by atoms with Crippen molar-refractivity contribution in [3.8, 4) is 5.75 Å². The van der Waals surface area contributed by atoms with Crippen LogP contribution < -0.4 is 9.64 Å². The standard InChI is InChI=1S/C33H39N4O2/c1-24-11-12-28(19-25(24)2)30-22-37(4,31(20-26(30)3)27-9-7-6-8-10-27)23-33(38)36-17-15-35(16-18-36)32-21-29(39-5)13-14-34-32/h6-14,19-22,26H,15-18,23H2,1-5H3/q+1. The number of carbonyl (C=O) groups is 1. The first-order chi connectivity index (χ1) is 18.8. The highest BCUT2D eigenvalue weighted by Gasteiger charge is 2.38. The largest absolute Gasteiger partial charge is 0.497 e. The van der Waals surface area contributed by atoms with Gasteiger partial charge >= 0.3 is 0 Å². The second-order valence-electron chi connectivity index (χ2n) is 10.9. The third-order valence-corrected chi connectivity index (χ3v) is 8.16. The molecule has 2 atom stereocenters. The Morgan fingerprint density at radius 3 is 2.41 bits per heavy atom. The van der Waals surface area contributed by atoms with Crippen LogP contribution in [0.4, 0.5) is 5.82 Å². The number of pyridine rings is 1. The maximum atomic E-state index is 13.8. The molecule has 5 rings (SSSR count). The van der Waals surface area contributed by atoms with Crippen molar-refractivity contribution in [1.82, 2.24) is 9.88 Å². The van der Waals surface area contributed by atoms with Gasteiger partial charge in [0.05, 0.1) is 14.2 Å². The van der Waals surface area contributed by atoms with Crippen molar-refractivity contribution in [2.24, 2.45) is 5.92 Å². The van der Waals surface area contributed by atoms with Crippen LogP contribution >= 0.6 is 0 Å². The molecule has 6 heteroatoms. The van der Waals surface area contributed by atoms with Gasteiger partial charge in [0.25, 0.3) is 5.91 Å². The minimum absolute atomic E-state index is 0.169. The Morgan fingerprint density at radius 2 is 1.72 bits per heavy atom. The summed E-state index contributed by atoms with van der Waals surface area (Å²) in [4.78, 5) is 22.5. The van der Waals surface area contributed by atoms with Gasteiger partial charge < -0.3 is 14.5 Å². The molecule has 0 spiro atoms. The van der Waals surface area contributed by atoms with Crippen LogP contribution in [-0.2, 0) is 4.79 Å². The molecule has 1 fully saturated rings. The number of ether oxygens (including phenoxy) is 1. The first-order valence-electron chi connectivity index (χ1n) is 13.7. The highest BCUT2D eigenvalue weighted by atomic mass is 16.5. The van der Waals surface area contributed by atoms with E-state index in [1.807, 2.05) is 23.1 Å². The van der Waals surface area contributed by atoms with Gasteiger partial charge in [0.2, 0.25) is 0 Å². The van der Waals surface area contributed by atoms with Crippen LogP contribution in [0.15, 0.2) is 79.1 Å². The molecule has 1 saturated heterocycles. The van der Waals surface area contributed by atoms with Gasteiger partial charge in [-0.25, -0.2) is 4.98 Å². The molecule has 0 saturated carbocycles. The van der Waals surface area contributed by atoms with Gasteiger partial charge in [-0.3, -0.25) is 9.28 Å². The summed E-state index contributed by atoms with van der Waals surface area (Å²) < 4.78 is 5.80. The lowest BCUT2D eigenvalue weighted by Gasteiger charge is -2.40. The number of methoxy groups -OCH3 is 1. The quantitative estimate of drug-likeness (QED) is 0.399. The van der Waals surface area contributed by atoms with Crippen molar-refractivity contribution in [2.75, 3.05) is 51.8 Å². The molecular formula is C33H39N4O2+.